The number of aryl methyl sites for hydroxylation is 6. The van der Waals surface area contributed by atoms with Crippen LogP contribution in [0.2, 0.25) is 0 Å². The van der Waals surface area contributed by atoms with E-state index < -0.39 is 20.0 Å². The summed E-state index contributed by atoms with van der Waals surface area (Å²) in [6, 6.07) is 7.20. The van der Waals surface area contributed by atoms with Gasteiger partial charge in [-0.1, -0.05) is 35.4 Å². The molecule has 1 saturated heterocycles. The van der Waals surface area contributed by atoms with Crippen LogP contribution < -0.4 is 4.72 Å². The number of sulfonamides is 2. The van der Waals surface area contributed by atoms with Crippen molar-refractivity contribution < 1.29 is 16.8 Å². The molecular formula is C23H32N2O4S2. The predicted molar refractivity (Wildman–Crippen MR) is 123 cm³/mol. The minimum absolute atomic E-state index is 0.286. The van der Waals surface area contributed by atoms with Gasteiger partial charge in [-0.2, -0.15) is 4.31 Å². The molecule has 0 amide bonds. The Kier molecular flexibility index (Phi) is 6.68. The van der Waals surface area contributed by atoms with E-state index in [1.807, 2.05) is 52.0 Å². The largest absolute Gasteiger partial charge is 0.243 e. The maximum atomic E-state index is 13.3. The lowest BCUT2D eigenvalue weighted by atomic mass is 10.1. The first-order valence-electron chi connectivity index (χ1n) is 10.5. The van der Waals surface area contributed by atoms with Crippen molar-refractivity contribution in [2.75, 3.05) is 13.1 Å². The third-order valence-corrected chi connectivity index (χ3v) is 9.88. The molecular weight excluding hydrogens is 432 g/mol. The molecule has 1 fully saturated rings. The highest BCUT2D eigenvalue weighted by Gasteiger charge is 2.33. The summed E-state index contributed by atoms with van der Waals surface area (Å²) in [5.74, 6) is 0. The van der Waals surface area contributed by atoms with Crippen molar-refractivity contribution in [3.8, 4) is 0 Å². The Bertz CT molecular complexity index is 1160. The zero-order valence-electron chi connectivity index (χ0n) is 19.1. The van der Waals surface area contributed by atoms with E-state index in [1.54, 1.807) is 13.8 Å². The molecule has 1 aliphatic heterocycles. The number of piperidine rings is 1. The molecule has 31 heavy (non-hydrogen) atoms. The molecule has 0 radical (unpaired) electrons. The van der Waals surface area contributed by atoms with Gasteiger partial charge in [0.2, 0.25) is 20.0 Å². The number of hydrogen-bond donors (Lipinski definition) is 1. The van der Waals surface area contributed by atoms with Crippen LogP contribution in [0, 0.1) is 41.5 Å². The molecule has 0 spiro atoms. The van der Waals surface area contributed by atoms with Gasteiger partial charge in [0.1, 0.15) is 0 Å². The Labute approximate surface area is 186 Å². The smallest absolute Gasteiger partial charge is 0.208 e. The van der Waals surface area contributed by atoms with Gasteiger partial charge in [0, 0.05) is 19.1 Å². The number of hydrogen-bond acceptors (Lipinski definition) is 4. The molecule has 6 nitrogen and oxygen atoms in total. The van der Waals surface area contributed by atoms with Crippen molar-refractivity contribution in [3.63, 3.8) is 0 Å². The Morgan fingerprint density at radius 1 is 0.710 bits per heavy atom. The van der Waals surface area contributed by atoms with E-state index in [2.05, 4.69) is 4.72 Å². The third-order valence-electron chi connectivity index (χ3n) is 5.85. The van der Waals surface area contributed by atoms with Crippen molar-refractivity contribution in [1.29, 1.82) is 0 Å². The number of nitrogens with one attached hydrogen (secondary N) is 1. The number of rotatable bonds is 5. The molecule has 170 valence electrons. The molecule has 1 aliphatic rings. The zero-order chi connectivity index (χ0) is 23.1. The SMILES string of the molecule is Cc1cc(C)c(S(=O)(=O)NC2CCN(S(=O)(=O)c3c(C)cc(C)cc3C)CC2)c(C)c1. The van der Waals surface area contributed by atoms with E-state index in [4.69, 9.17) is 0 Å². The molecule has 8 heteroatoms. The van der Waals surface area contributed by atoms with E-state index in [0.717, 1.165) is 33.4 Å². The summed E-state index contributed by atoms with van der Waals surface area (Å²) in [5.41, 5.74) is 4.97. The van der Waals surface area contributed by atoms with Gasteiger partial charge in [-0.25, -0.2) is 21.6 Å². The van der Waals surface area contributed by atoms with Crippen LogP contribution in [0.3, 0.4) is 0 Å². The van der Waals surface area contributed by atoms with Crippen molar-refractivity contribution >= 4 is 20.0 Å². The lowest BCUT2D eigenvalue weighted by Gasteiger charge is -2.32. The first-order chi connectivity index (χ1) is 14.3. The lowest BCUT2D eigenvalue weighted by Crippen LogP contribution is -2.46. The number of nitrogens with zero attached hydrogens (tertiary/aromatic N) is 1. The summed E-state index contributed by atoms with van der Waals surface area (Å²) in [6.45, 7) is 11.7. The van der Waals surface area contributed by atoms with E-state index in [9.17, 15) is 16.8 Å². The average molecular weight is 465 g/mol. The van der Waals surface area contributed by atoms with Crippen LogP contribution in [0.5, 0.6) is 0 Å². The first kappa shape index (κ1) is 23.9. The van der Waals surface area contributed by atoms with Crippen LogP contribution >= 0.6 is 0 Å². The fourth-order valence-electron chi connectivity index (χ4n) is 4.79. The highest BCUT2D eigenvalue weighted by molar-refractivity contribution is 7.89. The second-order valence-corrected chi connectivity index (χ2v) is 12.3. The van der Waals surface area contributed by atoms with Crippen molar-refractivity contribution in [2.45, 2.75) is 70.2 Å². The summed E-state index contributed by atoms with van der Waals surface area (Å²) in [4.78, 5) is 0.682. The fourth-order valence-corrected chi connectivity index (χ4v) is 8.43. The minimum Gasteiger partial charge on any atom is -0.208 e. The summed E-state index contributed by atoms with van der Waals surface area (Å²) >= 11 is 0. The maximum Gasteiger partial charge on any atom is 0.243 e. The second kappa shape index (κ2) is 8.65. The van der Waals surface area contributed by atoms with E-state index in [-0.39, 0.29) is 19.1 Å². The van der Waals surface area contributed by atoms with Crippen LogP contribution in [0.1, 0.15) is 46.2 Å². The Hall–Kier alpha value is -1.74. The van der Waals surface area contributed by atoms with Gasteiger partial charge in [0.25, 0.3) is 0 Å². The molecule has 2 aromatic rings. The van der Waals surface area contributed by atoms with Crippen molar-refractivity contribution in [1.82, 2.24) is 9.03 Å². The fraction of sp³-hybridized carbons (Fsp3) is 0.478. The summed E-state index contributed by atoms with van der Waals surface area (Å²) in [6.07, 6.45) is 0.874. The molecule has 0 bridgehead atoms. The summed E-state index contributed by atoms with van der Waals surface area (Å²) < 4.78 is 56.9. The monoisotopic (exact) mass is 464 g/mol. The molecule has 0 saturated carbocycles. The van der Waals surface area contributed by atoms with Crippen LogP contribution in [0.4, 0.5) is 0 Å². The van der Waals surface area contributed by atoms with Crippen LogP contribution in [-0.4, -0.2) is 40.3 Å². The topological polar surface area (TPSA) is 83.6 Å². The van der Waals surface area contributed by atoms with Gasteiger partial charge in [0.15, 0.2) is 0 Å². The molecule has 1 N–H and O–H groups in total. The molecule has 0 aromatic heterocycles. The van der Waals surface area contributed by atoms with Crippen molar-refractivity contribution in [2.24, 2.45) is 0 Å². The lowest BCUT2D eigenvalue weighted by molar-refractivity contribution is 0.308. The number of benzene rings is 2. The molecule has 3 rings (SSSR count). The van der Waals surface area contributed by atoms with Crippen LogP contribution in [-0.2, 0) is 20.0 Å². The predicted octanol–water partition coefficient (Wildman–Crippen LogP) is 3.67. The van der Waals surface area contributed by atoms with Gasteiger partial charge in [0.05, 0.1) is 9.79 Å². The van der Waals surface area contributed by atoms with Crippen molar-refractivity contribution in [3.05, 3.63) is 57.6 Å². The summed E-state index contributed by atoms with van der Waals surface area (Å²) in [7, 11) is -7.30. The Morgan fingerprint density at radius 3 is 1.52 bits per heavy atom. The molecule has 0 unspecified atom stereocenters. The van der Waals surface area contributed by atoms with Gasteiger partial charge >= 0.3 is 0 Å². The first-order valence-corrected chi connectivity index (χ1v) is 13.4. The Balaban J connectivity index is 1.76. The summed E-state index contributed by atoms with van der Waals surface area (Å²) in [5, 5.41) is 0. The van der Waals surface area contributed by atoms with E-state index in [1.165, 1.54) is 4.31 Å². The van der Waals surface area contributed by atoms with Gasteiger partial charge < -0.3 is 0 Å². The van der Waals surface area contributed by atoms with E-state index >= 15 is 0 Å². The normalized spacial score (nSPS) is 16.6. The Morgan fingerprint density at radius 2 is 1.10 bits per heavy atom. The average Bonchev–Trinajstić information content (AvgIpc) is 2.59. The van der Waals surface area contributed by atoms with Gasteiger partial charge in [-0.3, -0.25) is 0 Å². The molecule has 1 heterocycles. The van der Waals surface area contributed by atoms with Crippen LogP contribution in [0.25, 0.3) is 0 Å². The zero-order valence-corrected chi connectivity index (χ0v) is 20.7. The maximum absolute atomic E-state index is 13.3. The highest BCUT2D eigenvalue weighted by atomic mass is 32.2. The quantitative estimate of drug-likeness (QED) is 0.732. The standard InChI is InChI=1S/C23H32N2O4S2/c1-15-11-17(3)22(18(4)12-15)30(26,27)24-21-7-9-25(10-8-21)31(28,29)23-19(5)13-16(2)14-20(23)6/h11-14,21,24H,7-10H2,1-6H3. The van der Waals surface area contributed by atoms with Gasteiger partial charge in [-0.05, 0) is 76.6 Å². The third kappa shape index (κ3) is 4.87. The molecule has 0 atom stereocenters. The molecule has 0 aliphatic carbocycles. The van der Waals surface area contributed by atoms with E-state index in [0.29, 0.717) is 22.6 Å². The molecule has 2 aromatic carbocycles. The minimum atomic E-state index is -3.68. The highest BCUT2D eigenvalue weighted by Crippen LogP contribution is 2.28. The second-order valence-electron chi connectivity index (χ2n) is 8.76. The van der Waals surface area contributed by atoms with Crippen LogP contribution in [0.15, 0.2) is 34.1 Å². The van der Waals surface area contributed by atoms with Gasteiger partial charge in [-0.15, -0.1) is 0 Å².